The molecule has 0 unspecified atom stereocenters. The number of ether oxygens (including phenoxy) is 1. The van der Waals surface area contributed by atoms with Crippen molar-refractivity contribution in [3.05, 3.63) is 33.3 Å². The Morgan fingerprint density at radius 1 is 1.47 bits per heavy atom. The Hall–Kier alpha value is -1.33. The molecule has 1 saturated carbocycles. The van der Waals surface area contributed by atoms with E-state index in [1.54, 1.807) is 0 Å². The predicted molar refractivity (Wildman–Crippen MR) is 62.4 cm³/mol. The highest BCUT2D eigenvalue weighted by molar-refractivity contribution is 6.30. The number of rotatable bonds is 3. The Labute approximate surface area is 103 Å². The highest BCUT2D eigenvalue weighted by Crippen LogP contribution is 2.33. The molecule has 0 amide bonds. The number of benzene rings is 1. The van der Waals surface area contributed by atoms with Crippen molar-refractivity contribution >= 4 is 17.3 Å². The van der Waals surface area contributed by atoms with Gasteiger partial charge in [-0.2, -0.15) is 0 Å². The number of hydrogen-bond acceptors (Lipinski definition) is 4. The fourth-order valence-corrected chi connectivity index (χ4v) is 2.11. The van der Waals surface area contributed by atoms with Crippen molar-refractivity contribution < 1.29 is 14.8 Å². The van der Waals surface area contributed by atoms with E-state index in [9.17, 15) is 15.2 Å². The fourth-order valence-electron chi connectivity index (χ4n) is 1.94. The molecule has 17 heavy (non-hydrogen) atoms. The van der Waals surface area contributed by atoms with Crippen LogP contribution in [0.1, 0.15) is 19.3 Å². The van der Waals surface area contributed by atoms with Gasteiger partial charge in [0.15, 0.2) is 5.75 Å². The van der Waals surface area contributed by atoms with Crippen LogP contribution in [-0.2, 0) is 0 Å². The molecule has 0 saturated heterocycles. The number of aliphatic hydroxyl groups excluding tert-OH is 1. The smallest absolute Gasteiger partial charge is 0.312 e. The van der Waals surface area contributed by atoms with Gasteiger partial charge in [0.25, 0.3) is 0 Å². The highest BCUT2D eigenvalue weighted by atomic mass is 35.5. The summed E-state index contributed by atoms with van der Waals surface area (Å²) in [5.41, 5.74) is -0.170. The summed E-state index contributed by atoms with van der Waals surface area (Å²) in [6, 6.07) is 4.24. The number of nitro benzene ring substituents is 1. The second-order valence-electron chi connectivity index (χ2n) is 4.02. The third kappa shape index (κ3) is 2.68. The van der Waals surface area contributed by atoms with Crippen LogP contribution in [0.5, 0.6) is 5.75 Å². The molecule has 0 aliphatic heterocycles. The van der Waals surface area contributed by atoms with Crippen molar-refractivity contribution in [1.82, 2.24) is 0 Å². The highest BCUT2D eigenvalue weighted by Gasteiger charge is 2.29. The van der Waals surface area contributed by atoms with Gasteiger partial charge in [-0.25, -0.2) is 0 Å². The van der Waals surface area contributed by atoms with Gasteiger partial charge in [0.1, 0.15) is 6.10 Å². The second-order valence-corrected chi connectivity index (χ2v) is 4.46. The molecule has 2 rings (SSSR count). The van der Waals surface area contributed by atoms with Gasteiger partial charge in [-0.05, 0) is 31.4 Å². The van der Waals surface area contributed by atoms with E-state index in [-0.39, 0.29) is 22.6 Å². The van der Waals surface area contributed by atoms with Gasteiger partial charge in [0.05, 0.1) is 11.0 Å². The molecule has 1 N–H and O–H groups in total. The maximum atomic E-state index is 10.8. The molecular formula is C11H12ClNO4. The first kappa shape index (κ1) is 12.1. The summed E-state index contributed by atoms with van der Waals surface area (Å²) in [5.74, 6) is 0.158. The number of halogens is 1. The van der Waals surface area contributed by atoms with E-state index < -0.39 is 11.0 Å². The molecule has 0 heterocycles. The fraction of sp³-hybridized carbons (Fsp3) is 0.455. The topological polar surface area (TPSA) is 72.6 Å². The van der Waals surface area contributed by atoms with Gasteiger partial charge in [0, 0.05) is 11.1 Å². The van der Waals surface area contributed by atoms with Gasteiger partial charge in [-0.1, -0.05) is 11.6 Å². The largest absolute Gasteiger partial charge is 0.481 e. The molecular weight excluding hydrogens is 246 g/mol. The van der Waals surface area contributed by atoms with Gasteiger partial charge in [0.2, 0.25) is 0 Å². The summed E-state index contributed by atoms with van der Waals surface area (Å²) in [7, 11) is 0. The number of nitro groups is 1. The Morgan fingerprint density at radius 3 is 2.82 bits per heavy atom. The third-order valence-corrected chi connectivity index (χ3v) is 3.05. The quantitative estimate of drug-likeness (QED) is 0.667. The molecule has 2 atom stereocenters. The molecule has 1 aliphatic rings. The van der Waals surface area contributed by atoms with Crippen molar-refractivity contribution in [2.45, 2.75) is 31.5 Å². The number of nitrogens with zero attached hydrogens (tertiary/aromatic N) is 1. The van der Waals surface area contributed by atoms with Crippen LogP contribution in [0.2, 0.25) is 5.02 Å². The molecule has 0 bridgehead atoms. The summed E-state index contributed by atoms with van der Waals surface area (Å²) in [6.45, 7) is 0. The molecule has 1 fully saturated rings. The Bertz CT molecular complexity index is 437. The number of aliphatic hydroxyl groups is 1. The Balaban J connectivity index is 2.22. The first-order chi connectivity index (χ1) is 8.08. The zero-order valence-corrected chi connectivity index (χ0v) is 9.76. The Kier molecular flexibility index (Phi) is 3.49. The van der Waals surface area contributed by atoms with Crippen LogP contribution in [0.15, 0.2) is 18.2 Å². The lowest BCUT2D eigenvalue weighted by Gasteiger charge is -2.16. The molecule has 1 aromatic rings. The van der Waals surface area contributed by atoms with E-state index in [0.29, 0.717) is 12.8 Å². The SMILES string of the molecule is O=[N+]([O-])c1cc(Cl)ccc1O[C@@H]1CCC[C@H]1O. The van der Waals surface area contributed by atoms with E-state index >= 15 is 0 Å². The average Bonchev–Trinajstić information content (AvgIpc) is 2.67. The van der Waals surface area contributed by atoms with Crippen LogP contribution in [0.3, 0.4) is 0 Å². The normalized spacial score (nSPS) is 23.6. The van der Waals surface area contributed by atoms with Crippen LogP contribution in [0.4, 0.5) is 5.69 Å². The van der Waals surface area contributed by atoms with Crippen molar-refractivity contribution in [2.24, 2.45) is 0 Å². The van der Waals surface area contributed by atoms with E-state index in [1.807, 2.05) is 0 Å². The summed E-state index contributed by atoms with van der Waals surface area (Å²) in [4.78, 5) is 10.3. The van der Waals surface area contributed by atoms with Crippen LogP contribution in [-0.4, -0.2) is 22.2 Å². The molecule has 1 aromatic carbocycles. The number of hydrogen-bond donors (Lipinski definition) is 1. The first-order valence-electron chi connectivity index (χ1n) is 5.36. The van der Waals surface area contributed by atoms with Crippen LogP contribution < -0.4 is 4.74 Å². The average molecular weight is 258 g/mol. The zero-order valence-electron chi connectivity index (χ0n) is 9.01. The Morgan fingerprint density at radius 2 is 2.24 bits per heavy atom. The predicted octanol–water partition coefficient (Wildman–Crippen LogP) is 2.54. The van der Waals surface area contributed by atoms with Crippen LogP contribution in [0, 0.1) is 10.1 Å². The minimum atomic E-state index is -0.551. The first-order valence-corrected chi connectivity index (χ1v) is 5.74. The van der Waals surface area contributed by atoms with E-state index in [4.69, 9.17) is 16.3 Å². The lowest BCUT2D eigenvalue weighted by Crippen LogP contribution is -2.25. The third-order valence-electron chi connectivity index (χ3n) is 2.81. The molecule has 0 aromatic heterocycles. The zero-order chi connectivity index (χ0) is 12.4. The minimum Gasteiger partial charge on any atom is -0.481 e. The van der Waals surface area contributed by atoms with Gasteiger partial charge >= 0.3 is 5.69 Å². The molecule has 0 radical (unpaired) electrons. The summed E-state index contributed by atoms with van der Waals surface area (Å²) >= 11 is 5.70. The molecule has 6 heteroatoms. The van der Waals surface area contributed by atoms with Crippen molar-refractivity contribution in [2.75, 3.05) is 0 Å². The van der Waals surface area contributed by atoms with E-state index in [2.05, 4.69) is 0 Å². The molecule has 1 aliphatic carbocycles. The van der Waals surface area contributed by atoms with E-state index in [0.717, 1.165) is 6.42 Å². The van der Waals surface area contributed by atoms with Gasteiger partial charge in [-0.3, -0.25) is 10.1 Å². The van der Waals surface area contributed by atoms with Crippen molar-refractivity contribution in [3.8, 4) is 5.75 Å². The second kappa shape index (κ2) is 4.89. The van der Waals surface area contributed by atoms with Crippen molar-refractivity contribution in [1.29, 1.82) is 0 Å². The summed E-state index contributed by atoms with van der Waals surface area (Å²) in [6.07, 6.45) is 1.33. The molecule has 0 spiro atoms. The maximum Gasteiger partial charge on any atom is 0.312 e. The summed E-state index contributed by atoms with van der Waals surface area (Å²) < 4.78 is 5.48. The maximum absolute atomic E-state index is 10.8. The van der Waals surface area contributed by atoms with E-state index in [1.165, 1.54) is 18.2 Å². The standard InChI is InChI=1S/C11H12ClNO4/c12-7-4-5-10(8(6-7)13(15)16)17-11-3-1-2-9(11)14/h4-6,9,11,14H,1-3H2/t9-,11-/m1/s1. The molecule has 92 valence electrons. The summed E-state index contributed by atoms with van der Waals surface area (Å²) in [5, 5.41) is 20.7. The van der Waals surface area contributed by atoms with Crippen LogP contribution >= 0.6 is 11.6 Å². The monoisotopic (exact) mass is 257 g/mol. The van der Waals surface area contributed by atoms with Gasteiger partial charge in [-0.15, -0.1) is 0 Å². The lowest BCUT2D eigenvalue weighted by molar-refractivity contribution is -0.386. The van der Waals surface area contributed by atoms with Gasteiger partial charge < -0.3 is 9.84 Å². The van der Waals surface area contributed by atoms with Crippen LogP contribution in [0.25, 0.3) is 0 Å². The van der Waals surface area contributed by atoms with Crippen molar-refractivity contribution in [3.63, 3.8) is 0 Å². The molecule has 5 nitrogen and oxygen atoms in total. The minimum absolute atomic E-state index is 0.158. The lowest BCUT2D eigenvalue weighted by atomic mass is 10.2.